The molecule has 1 N–H and O–H groups in total. The Balaban J connectivity index is 0.000000504. The summed E-state index contributed by atoms with van der Waals surface area (Å²) >= 11 is 0. The van der Waals surface area contributed by atoms with Gasteiger partial charge in [0.1, 0.15) is 0 Å². The normalized spacial score (nSPS) is 10.4. The third kappa shape index (κ3) is 7.40. The first-order chi connectivity index (χ1) is 12.4. The first-order valence-electron chi connectivity index (χ1n) is 8.10. The van der Waals surface area contributed by atoms with Crippen LogP contribution in [-0.4, -0.2) is 4.89 Å². The Morgan fingerprint density at radius 3 is 1.36 bits per heavy atom. The number of benzene rings is 4. The zero-order valence-corrected chi connectivity index (χ0v) is 20.8. The first-order valence-corrected chi connectivity index (χ1v) is 9.59. The van der Waals surface area contributed by atoms with Crippen LogP contribution in [0.25, 0.3) is 21.5 Å². The number of hydrogen-bond donors (Lipinski definition) is 1. The predicted octanol–water partition coefficient (Wildman–Crippen LogP) is -2.60. The summed E-state index contributed by atoms with van der Waals surface area (Å²) in [6.07, 6.45) is 0.975. The Morgan fingerprint density at radius 1 is 0.643 bits per heavy atom. The quantitative estimate of drug-likeness (QED) is 0.290. The molecular weight excluding hydrogens is 393 g/mol. The predicted molar refractivity (Wildman–Crippen MR) is 101 cm³/mol. The van der Waals surface area contributed by atoms with Crippen molar-refractivity contribution in [2.75, 3.05) is 0 Å². The summed E-state index contributed by atoms with van der Waals surface area (Å²) in [6, 6.07) is 30.4. The maximum atomic E-state index is 8.66. The number of rotatable bonds is 2. The third-order valence-electron chi connectivity index (χ3n) is 4.14. The van der Waals surface area contributed by atoms with E-state index in [0.717, 1.165) is 6.42 Å². The molecule has 4 nitrogen and oxygen atoms in total. The molecule has 0 radical (unpaired) electrons. The molecule has 4 rings (SSSR count). The van der Waals surface area contributed by atoms with Gasteiger partial charge in [-0.1, -0.05) is 84.9 Å². The molecule has 0 bridgehead atoms. The van der Waals surface area contributed by atoms with Gasteiger partial charge in [-0.25, -0.2) is 0 Å². The number of hydrogen-bond acceptors (Lipinski definition) is 3. The van der Waals surface area contributed by atoms with Crippen molar-refractivity contribution in [1.29, 1.82) is 0 Å². The second kappa shape index (κ2) is 11.6. The van der Waals surface area contributed by atoms with Crippen LogP contribution in [0, 0.1) is 0 Å². The number of fused-ring (bicyclic) bond motifs is 2. The molecular formula is C21H17Na2O4P. The van der Waals surface area contributed by atoms with Crippen molar-refractivity contribution in [1.82, 2.24) is 0 Å². The van der Waals surface area contributed by atoms with Crippen LogP contribution < -0.4 is 68.9 Å². The van der Waals surface area contributed by atoms with E-state index in [1.807, 2.05) is 0 Å². The largest absolute Gasteiger partial charge is 1.00 e. The standard InChI is InChI=1S/C21H16.2Na.H3O4P/c1-3-13-20-16(7-1)9-5-11-18(20)15-19-12-6-10-17-8-2-4-14-21(17)19;;;1-5(2,3)4/h1-14H,15H2;;;(H3,1,2,3,4)/q;2*+1;/p-2. The minimum atomic E-state index is -5.14. The van der Waals surface area contributed by atoms with E-state index in [0.29, 0.717) is 0 Å². The summed E-state index contributed by atoms with van der Waals surface area (Å²) in [7, 11) is -5.14. The van der Waals surface area contributed by atoms with Gasteiger partial charge in [-0.05, 0) is 39.1 Å². The third-order valence-corrected chi connectivity index (χ3v) is 4.14. The first kappa shape index (κ1) is 25.5. The van der Waals surface area contributed by atoms with Gasteiger partial charge in [0, 0.05) is 0 Å². The van der Waals surface area contributed by atoms with Gasteiger partial charge in [-0.3, -0.25) is 0 Å². The second-order valence-corrected chi connectivity index (χ2v) is 6.86. The number of phosphoric acid groups is 1. The molecule has 132 valence electrons. The van der Waals surface area contributed by atoms with Gasteiger partial charge >= 0.3 is 59.1 Å². The van der Waals surface area contributed by atoms with Crippen molar-refractivity contribution >= 4 is 29.4 Å². The molecule has 0 aliphatic rings. The van der Waals surface area contributed by atoms with Gasteiger partial charge < -0.3 is 19.2 Å². The molecule has 4 aromatic carbocycles. The van der Waals surface area contributed by atoms with Crippen LogP contribution in [0.1, 0.15) is 11.1 Å². The Labute approximate surface area is 208 Å². The van der Waals surface area contributed by atoms with Crippen LogP contribution in [-0.2, 0) is 11.0 Å². The van der Waals surface area contributed by atoms with Gasteiger partial charge in [0.25, 0.3) is 0 Å². The molecule has 0 saturated carbocycles. The molecule has 0 aliphatic heterocycles. The van der Waals surface area contributed by atoms with E-state index in [-0.39, 0.29) is 59.1 Å². The Hall–Kier alpha value is -0.490. The van der Waals surface area contributed by atoms with Gasteiger partial charge in [-0.15, -0.1) is 0 Å². The van der Waals surface area contributed by atoms with E-state index >= 15 is 0 Å². The van der Waals surface area contributed by atoms with Crippen LogP contribution in [0.4, 0.5) is 0 Å². The molecule has 0 unspecified atom stereocenters. The minimum Gasteiger partial charge on any atom is -0.790 e. The minimum absolute atomic E-state index is 0. The second-order valence-electron chi connectivity index (χ2n) is 5.92. The summed E-state index contributed by atoms with van der Waals surface area (Å²) in [6.45, 7) is 0. The fourth-order valence-electron chi connectivity index (χ4n) is 3.10. The maximum Gasteiger partial charge on any atom is 1.00 e. The zero-order valence-electron chi connectivity index (χ0n) is 15.9. The van der Waals surface area contributed by atoms with Crippen LogP contribution in [0.15, 0.2) is 84.9 Å². The molecule has 0 aromatic heterocycles. The van der Waals surface area contributed by atoms with Gasteiger partial charge in [0.05, 0.1) is 7.82 Å². The van der Waals surface area contributed by atoms with Crippen molar-refractivity contribution < 1.29 is 78.4 Å². The summed E-state index contributed by atoms with van der Waals surface area (Å²) in [4.78, 5) is 24.3. The summed E-state index contributed by atoms with van der Waals surface area (Å²) in [5.74, 6) is 0. The van der Waals surface area contributed by atoms with Crippen molar-refractivity contribution in [3.63, 3.8) is 0 Å². The smallest absolute Gasteiger partial charge is 0.790 e. The summed E-state index contributed by atoms with van der Waals surface area (Å²) in [5, 5.41) is 5.34. The fraction of sp³-hybridized carbons (Fsp3) is 0.0476. The molecule has 0 amide bonds. The van der Waals surface area contributed by atoms with E-state index < -0.39 is 7.82 Å². The van der Waals surface area contributed by atoms with E-state index in [2.05, 4.69) is 84.9 Å². The van der Waals surface area contributed by atoms with Crippen molar-refractivity contribution in [3.8, 4) is 0 Å². The maximum absolute atomic E-state index is 8.66. The van der Waals surface area contributed by atoms with E-state index in [9.17, 15) is 0 Å². The average molecular weight is 410 g/mol. The average Bonchev–Trinajstić information content (AvgIpc) is 2.61. The monoisotopic (exact) mass is 410 g/mol. The molecule has 4 aromatic rings. The van der Waals surface area contributed by atoms with E-state index in [1.165, 1.54) is 32.7 Å². The van der Waals surface area contributed by atoms with E-state index in [1.54, 1.807) is 0 Å². The molecule has 7 heteroatoms. The summed E-state index contributed by atoms with van der Waals surface area (Å²) in [5.41, 5.74) is 2.79. The van der Waals surface area contributed by atoms with Gasteiger partial charge in [0.15, 0.2) is 0 Å². The van der Waals surface area contributed by atoms with Crippen LogP contribution in [0.3, 0.4) is 0 Å². The van der Waals surface area contributed by atoms with Crippen molar-refractivity contribution in [2.24, 2.45) is 0 Å². The molecule has 0 saturated heterocycles. The van der Waals surface area contributed by atoms with Crippen LogP contribution >= 0.6 is 7.82 Å². The van der Waals surface area contributed by atoms with Crippen molar-refractivity contribution in [2.45, 2.75) is 6.42 Å². The summed E-state index contributed by atoms with van der Waals surface area (Å²) < 4.78 is 8.66. The zero-order chi connectivity index (χ0) is 18.6. The van der Waals surface area contributed by atoms with Crippen LogP contribution in [0.5, 0.6) is 0 Å². The van der Waals surface area contributed by atoms with Crippen LogP contribution in [0.2, 0.25) is 0 Å². The molecule has 0 spiro atoms. The van der Waals surface area contributed by atoms with Gasteiger partial charge in [-0.2, -0.15) is 0 Å². The molecule has 0 atom stereocenters. The Bertz CT molecular complexity index is 1000. The Kier molecular flexibility index (Phi) is 10.6. The fourth-order valence-corrected chi connectivity index (χ4v) is 3.10. The van der Waals surface area contributed by atoms with Gasteiger partial charge in [0.2, 0.25) is 0 Å². The molecule has 0 aliphatic carbocycles. The molecule has 0 heterocycles. The molecule has 28 heavy (non-hydrogen) atoms. The van der Waals surface area contributed by atoms with Crippen molar-refractivity contribution in [3.05, 3.63) is 96.1 Å². The topological polar surface area (TPSA) is 83.4 Å². The SMILES string of the molecule is O=P([O-])([O-])O.[Na+].[Na+].c1ccc2c(Cc3cccc4ccccc34)cccc2c1. The Morgan fingerprint density at radius 2 is 0.964 bits per heavy atom. The molecule has 0 fully saturated rings. The van der Waals surface area contributed by atoms with E-state index in [4.69, 9.17) is 19.2 Å².